The molecule has 0 saturated carbocycles. The van der Waals surface area contributed by atoms with Crippen molar-refractivity contribution in [1.29, 1.82) is 0 Å². The summed E-state index contributed by atoms with van der Waals surface area (Å²) in [7, 11) is 1.61. The van der Waals surface area contributed by atoms with Gasteiger partial charge in [0.1, 0.15) is 17.3 Å². The smallest absolute Gasteiger partial charge is 0.262 e. The number of nitrogens with one attached hydrogen (secondary N) is 1. The number of anilines is 1. The Morgan fingerprint density at radius 2 is 1.84 bits per heavy atom. The van der Waals surface area contributed by atoms with E-state index in [1.54, 1.807) is 31.4 Å². The number of imidazole rings is 1. The Balaban J connectivity index is 1.44. The molecule has 1 saturated heterocycles. The number of rotatable bonds is 8. The van der Waals surface area contributed by atoms with Crippen molar-refractivity contribution in [1.82, 2.24) is 14.5 Å². The fraction of sp³-hybridized carbons (Fsp3) is 0.417. The van der Waals surface area contributed by atoms with Gasteiger partial charge in [0.15, 0.2) is 6.61 Å². The number of ether oxygens (including phenoxy) is 3. The lowest BCUT2D eigenvalue weighted by Crippen LogP contribution is -2.36. The molecule has 1 fully saturated rings. The summed E-state index contributed by atoms with van der Waals surface area (Å²) in [6.45, 7) is 8.38. The zero-order valence-corrected chi connectivity index (χ0v) is 18.8. The number of benzene rings is 2. The highest BCUT2D eigenvalue weighted by Crippen LogP contribution is 2.25. The van der Waals surface area contributed by atoms with Crippen LogP contribution >= 0.6 is 0 Å². The van der Waals surface area contributed by atoms with Crippen LogP contribution in [0.1, 0.15) is 25.7 Å². The van der Waals surface area contributed by atoms with Gasteiger partial charge in [-0.1, -0.05) is 0 Å². The summed E-state index contributed by atoms with van der Waals surface area (Å²) in [4.78, 5) is 19.6. The fourth-order valence-corrected chi connectivity index (χ4v) is 3.89. The lowest BCUT2D eigenvalue weighted by Gasteiger charge is -2.27. The van der Waals surface area contributed by atoms with Gasteiger partial charge >= 0.3 is 0 Å². The number of amides is 1. The molecule has 8 nitrogen and oxygen atoms in total. The van der Waals surface area contributed by atoms with E-state index in [0.717, 1.165) is 55.5 Å². The van der Waals surface area contributed by atoms with Crippen LogP contribution in [0.25, 0.3) is 11.0 Å². The monoisotopic (exact) mass is 438 g/mol. The molecule has 3 aromatic rings. The zero-order chi connectivity index (χ0) is 22.5. The number of hydrogen-bond donors (Lipinski definition) is 1. The molecule has 8 heteroatoms. The molecule has 2 heterocycles. The average Bonchev–Trinajstić information content (AvgIpc) is 3.16. The number of morpholine rings is 1. The van der Waals surface area contributed by atoms with Crippen molar-refractivity contribution in [3.63, 3.8) is 0 Å². The summed E-state index contributed by atoms with van der Waals surface area (Å²) in [5.74, 6) is 2.16. The molecule has 4 rings (SSSR count). The molecule has 1 aliphatic rings. The first-order chi connectivity index (χ1) is 15.5. The Morgan fingerprint density at radius 3 is 2.53 bits per heavy atom. The summed E-state index contributed by atoms with van der Waals surface area (Å²) >= 11 is 0. The molecule has 1 aromatic heterocycles. The molecule has 170 valence electrons. The summed E-state index contributed by atoms with van der Waals surface area (Å²) in [5, 5.41) is 2.90. The van der Waals surface area contributed by atoms with Gasteiger partial charge in [-0.15, -0.1) is 0 Å². The molecule has 0 unspecified atom stereocenters. The molecule has 32 heavy (non-hydrogen) atoms. The fourth-order valence-electron chi connectivity index (χ4n) is 3.89. The second kappa shape index (κ2) is 10.0. The van der Waals surface area contributed by atoms with Gasteiger partial charge in [0.25, 0.3) is 5.91 Å². The van der Waals surface area contributed by atoms with E-state index in [2.05, 4.69) is 28.6 Å². The van der Waals surface area contributed by atoms with E-state index >= 15 is 0 Å². The van der Waals surface area contributed by atoms with Crippen LogP contribution in [0.5, 0.6) is 11.5 Å². The molecular weight excluding hydrogens is 408 g/mol. The van der Waals surface area contributed by atoms with E-state index in [9.17, 15) is 4.79 Å². The maximum Gasteiger partial charge on any atom is 0.262 e. The average molecular weight is 439 g/mol. The van der Waals surface area contributed by atoms with Crippen LogP contribution in [-0.4, -0.2) is 60.4 Å². The minimum Gasteiger partial charge on any atom is -0.497 e. The SMILES string of the molecule is COc1ccc(OCC(=O)Nc2ccc3c(c2)nc(CN2CCOCC2)n3C(C)C)cc1. The van der Waals surface area contributed by atoms with Crippen molar-refractivity contribution in [2.75, 3.05) is 45.3 Å². The highest BCUT2D eigenvalue weighted by atomic mass is 16.5. The topological polar surface area (TPSA) is 77.8 Å². The van der Waals surface area contributed by atoms with E-state index in [1.165, 1.54) is 0 Å². The molecule has 0 aliphatic carbocycles. The van der Waals surface area contributed by atoms with Crippen molar-refractivity contribution in [3.8, 4) is 11.5 Å². The second-order valence-electron chi connectivity index (χ2n) is 8.10. The molecule has 1 N–H and O–H groups in total. The first-order valence-corrected chi connectivity index (χ1v) is 10.9. The standard InChI is InChI=1S/C24H30N4O4/c1-17(2)28-22-9-4-18(14-21(22)26-23(28)15-27-10-12-31-13-11-27)25-24(29)16-32-20-7-5-19(30-3)6-8-20/h4-9,14,17H,10-13,15-16H2,1-3H3,(H,25,29). The van der Waals surface area contributed by atoms with Gasteiger partial charge in [-0.25, -0.2) is 4.98 Å². The van der Waals surface area contributed by atoms with Gasteiger partial charge < -0.3 is 24.1 Å². The molecule has 0 bridgehead atoms. The summed E-state index contributed by atoms with van der Waals surface area (Å²) < 4.78 is 18.4. The number of aromatic nitrogens is 2. The van der Waals surface area contributed by atoms with Crippen LogP contribution in [-0.2, 0) is 16.1 Å². The summed E-state index contributed by atoms with van der Waals surface area (Å²) in [5.41, 5.74) is 2.64. The van der Waals surface area contributed by atoms with E-state index in [1.807, 2.05) is 18.2 Å². The normalized spacial score (nSPS) is 14.6. The second-order valence-corrected chi connectivity index (χ2v) is 8.10. The molecule has 0 atom stereocenters. The van der Waals surface area contributed by atoms with Crippen LogP contribution in [0.3, 0.4) is 0 Å². The summed E-state index contributed by atoms with van der Waals surface area (Å²) in [6.07, 6.45) is 0. The summed E-state index contributed by atoms with van der Waals surface area (Å²) in [6, 6.07) is 13.3. The van der Waals surface area contributed by atoms with Crippen LogP contribution in [0.2, 0.25) is 0 Å². The van der Waals surface area contributed by atoms with Crippen LogP contribution in [0, 0.1) is 0 Å². The highest BCUT2D eigenvalue weighted by Gasteiger charge is 2.18. The number of carbonyl (C=O) groups excluding carboxylic acids is 1. The zero-order valence-electron chi connectivity index (χ0n) is 18.8. The Bertz CT molecular complexity index is 1060. The first kappa shape index (κ1) is 22.1. The van der Waals surface area contributed by atoms with Gasteiger partial charge in [-0.05, 0) is 56.3 Å². The van der Waals surface area contributed by atoms with Gasteiger partial charge in [-0.3, -0.25) is 9.69 Å². The van der Waals surface area contributed by atoms with Gasteiger partial charge in [0.05, 0.1) is 37.9 Å². The van der Waals surface area contributed by atoms with Gasteiger partial charge in [0.2, 0.25) is 0 Å². The third kappa shape index (κ3) is 5.20. The van der Waals surface area contributed by atoms with Crippen molar-refractivity contribution in [2.24, 2.45) is 0 Å². The number of methoxy groups -OCH3 is 1. The largest absolute Gasteiger partial charge is 0.497 e. The quantitative estimate of drug-likeness (QED) is 0.580. The molecule has 0 radical (unpaired) electrons. The molecule has 0 spiro atoms. The molecule has 1 aliphatic heterocycles. The van der Waals surface area contributed by atoms with Crippen LogP contribution in [0.4, 0.5) is 5.69 Å². The van der Waals surface area contributed by atoms with Crippen molar-refractivity contribution in [2.45, 2.75) is 26.4 Å². The third-order valence-electron chi connectivity index (χ3n) is 5.46. The maximum absolute atomic E-state index is 12.4. The first-order valence-electron chi connectivity index (χ1n) is 10.9. The lowest BCUT2D eigenvalue weighted by atomic mass is 10.2. The number of carbonyl (C=O) groups is 1. The number of fused-ring (bicyclic) bond motifs is 1. The van der Waals surface area contributed by atoms with Crippen molar-refractivity contribution in [3.05, 3.63) is 48.3 Å². The number of nitrogens with zero attached hydrogens (tertiary/aromatic N) is 3. The highest BCUT2D eigenvalue weighted by molar-refractivity contribution is 5.94. The van der Waals surface area contributed by atoms with E-state index < -0.39 is 0 Å². The van der Waals surface area contributed by atoms with Crippen LogP contribution in [0.15, 0.2) is 42.5 Å². The Hall–Kier alpha value is -3.10. The van der Waals surface area contributed by atoms with E-state index in [4.69, 9.17) is 19.2 Å². The third-order valence-corrected chi connectivity index (χ3v) is 5.46. The Morgan fingerprint density at radius 1 is 1.12 bits per heavy atom. The number of hydrogen-bond acceptors (Lipinski definition) is 6. The minimum absolute atomic E-state index is 0.0763. The minimum atomic E-state index is -0.225. The maximum atomic E-state index is 12.4. The molecule has 2 aromatic carbocycles. The van der Waals surface area contributed by atoms with E-state index in [0.29, 0.717) is 11.4 Å². The van der Waals surface area contributed by atoms with Gasteiger partial charge in [0, 0.05) is 24.8 Å². The van der Waals surface area contributed by atoms with Crippen molar-refractivity contribution >= 4 is 22.6 Å². The lowest BCUT2D eigenvalue weighted by molar-refractivity contribution is -0.118. The predicted octanol–water partition coefficient (Wildman–Crippen LogP) is 3.48. The van der Waals surface area contributed by atoms with Crippen LogP contribution < -0.4 is 14.8 Å². The molecular formula is C24H30N4O4. The van der Waals surface area contributed by atoms with Gasteiger partial charge in [-0.2, -0.15) is 0 Å². The Kier molecular flexibility index (Phi) is 6.92. The van der Waals surface area contributed by atoms with Crippen molar-refractivity contribution < 1.29 is 19.0 Å². The van der Waals surface area contributed by atoms with E-state index in [-0.39, 0.29) is 18.6 Å². The Labute approximate surface area is 188 Å². The molecule has 1 amide bonds. The predicted molar refractivity (Wildman–Crippen MR) is 123 cm³/mol.